The Morgan fingerprint density at radius 3 is 2.60 bits per heavy atom. The van der Waals surface area contributed by atoms with Gasteiger partial charge < -0.3 is 10.2 Å². The van der Waals surface area contributed by atoms with Crippen LogP contribution in [0.5, 0.6) is 11.5 Å². The number of hydrogen-bond donors (Lipinski definition) is 2. The molecule has 2 aromatic rings. The molecule has 0 aliphatic rings. The van der Waals surface area contributed by atoms with Crippen LogP contribution in [0, 0.1) is 0 Å². The maximum atomic E-state index is 12.0. The predicted molar refractivity (Wildman–Crippen MR) is 81.1 cm³/mol. The Labute approximate surface area is 128 Å². The van der Waals surface area contributed by atoms with Crippen LogP contribution >= 0.6 is 34.9 Å². The van der Waals surface area contributed by atoms with E-state index in [-0.39, 0.29) is 28.6 Å². The highest BCUT2D eigenvalue weighted by Gasteiger charge is 2.13. The van der Waals surface area contributed by atoms with Crippen molar-refractivity contribution in [3.63, 3.8) is 0 Å². The Kier molecular flexibility index (Phi) is 5.27. The van der Waals surface area contributed by atoms with Crippen molar-refractivity contribution in [1.82, 2.24) is 10.2 Å². The zero-order chi connectivity index (χ0) is 14.5. The first-order valence-electron chi connectivity index (χ1n) is 5.74. The second-order valence-corrected chi connectivity index (χ2v) is 7.39. The van der Waals surface area contributed by atoms with Crippen LogP contribution in [0.1, 0.15) is 17.3 Å². The number of ketones is 1. The Morgan fingerprint density at radius 1 is 1.25 bits per heavy atom. The van der Waals surface area contributed by atoms with Crippen LogP contribution in [-0.4, -0.2) is 37.7 Å². The lowest BCUT2D eigenvalue weighted by atomic mass is 10.1. The third-order valence-corrected chi connectivity index (χ3v) is 5.34. The maximum absolute atomic E-state index is 12.0. The van der Waals surface area contributed by atoms with Gasteiger partial charge in [-0.05, 0) is 17.9 Å². The van der Waals surface area contributed by atoms with Crippen molar-refractivity contribution in [3.8, 4) is 11.5 Å². The normalized spacial score (nSPS) is 10.7. The molecule has 1 heterocycles. The summed E-state index contributed by atoms with van der Waals surface area (Å²) in [5.41, 5.74) is 0.197. The van der Waals surface area contributed by atoms with E-state index < -0.39 is 0 Å². The molecule has 5 nitrogen and oxygen atoms in total. The Hall–Kier alpha value is -1.25. The molecule has 0 unspecified atom stereocenters. The summed E-state index contributed by atoms with van der Waals surface area (Å²) in [6.07, 6.45) is 0. The van der Waals surface area contributed by atoms with Gasteiger partial charge in [-0.15, -0.1) is 10.2 Å². The second kappa shape index (κ2) is 6.96. The summed E-state index contributed by atoms with van der Waals surface area (Å²) in [5.74, 6) is 0.600. The number of Topliss-reactive ketones (excluding diaryl/α,β-unsaturated/α-hetero) is 1. The number of aromatic hydroxyl groups is 2. The molecule has 2 N–H and O–H groups in total. The van der Waals surface area contributed by atoms with Crippen LogP contribution in [-0.2, 0) is 0 Å². The molecule has 20 heavy (non-hydrogen) atoms. The van der Waals surface area contributed by atoms with E-state index >= 15 is 0 Å². The van der Waals surface area contributed by atoms with Crippen LogP contribution < -0.4 is 0 Å². The summed E-state index contributed by atoms with van der Waals surface area (Å²) in [6.45, 7) is 2.04. The van der Waals surface area contributed by atoms with Gasteiger partial charge in [0.1, 0.15) is 11.5 Å². The Bertz CT molecular complexity index is 616. The minimum atomic E-state index is -0.215. The van der Waals surface area contributed by atoms with Gasteiger partial charge in [0.2, 0.25) is 0 Å². The first-order chi connectivity index (χ1) is 9.60. The van der Waals surface area contributed by atoms with E-state index in [0.717, 1.165) is 20.5 Å². The topological polar surface area (TPSA) is 83.3 Å². The van der Waals surface area contributed by atoms with E-state index in [4.69, 9.17) is 0 Å². The van der Waals surface area contributed by atoms with Gasteiger partial charge in [0.25, 0.3) is 0 Å². The van der Waals surface area contributed by atoms with Crippen molar-refractivity contribution in [1.29, 1.82) is 0 Å². The average Bonchev–Trinajstić information content (AvgIpc) is 2.84. The number of benzene rings is 1. The van der Waals surface area contributed by atoms with Gasteiger partial charge in [-0.25, -0.2) is 0 Å². The van der Waals surface area contributed by atoms with Gasteiger partial charge in [-0.2, -0.15) is 0 Å². The lowest BCUT2D eigenvalue weighted by Crippen LogP contribution is -2.02. The largest absolute Gasteiger partial charge is 0.508 e. The summed E-state index contributed by atoms with van der Waals surface area (Å²) in [6, 6.07) is 3.93. The van der Waals surface area contributed by atoms with E-state index in [1.54, 1.807) is 11.8 Å². The average molecular weight is 328 g/mol. The van der Waals surface area contributed by atoms with Gasteiger partial charge in [0.15, 0.2) is 14.5 Å². The minimum Gasteiger partial charge on any atom is -0.508 e. The number of phenols is 2. The second-order valence-electron chi connectivity index (χ2n) is 3.68. The molecule has 8 heteroatoms. The molecular weight excluding hydrogens is 316 g/mol. The number of rotatable bonds is 6. The van der Waals surface area contributed by atoms with E-state index in [9.17, 15) is 15.0 Å². The van der Waals surface area contributed by atoms with Crippen LogP contribution in [0.4, 0.5) is 0 Å². The van der Waals surface area contributed by atoms with Crippen molar-refractivity contribution in [2.24, 2.45) is 0 Å². The zero-order valence-electron chi connectivity index (χ0n) is 10.6. The number of thioether (sulfide) groups is 2. The van der Waals surface area contributed by atoms with E-state index in [2.05, 4.69) is 10.2 Å². The number of aromatic nitrogens is 2. The molecule has 0 saturated carbocycles. The van der Waals surface area contributed by atoms with Crippen molar-refractivity contribution in [3.05, 3.63) is 23.8 Å². The van der Waals surface area contributed by atoms with Crippen molar-refractivity contribution < 1.29 is 15.0 Å². The minimum absolute atomic E-state index is 0.0722. The lowest BCUT2D eigenvalue weighted by Gasteiger charge is -2.02. The third kappa shape index (κ3) is 3.87. The highest BCUT2D eigenvalue weighted by atomic mass is 32.2. The van der Waals surface area contributed by atoms with Crippen molar-refractivity contribution >= 4 is 40.6 Å². The molecule has 0 aliphatic carbocycles. The fourth-order valence-corrected chi connectivity index (χ4v) is 4.20. The summed E-state index contributed by atoms with van der Waals surface area (Å²) in [4.78, 5) is 12.0. The van der Waals surface area contributed by atoms with E-state index in [0.29, 0.717) is 0 Å². The molecule has 106 valence electrons. The third-order valence-electron chi connectivity index (χ3n) is 2.26. The molecule has 0 fully saturated rings. The molecule has 2 rings (SSSR count). The quantitative estimate of drug-likeness (QED) is 0.623. The number of phenolic OH excluding ortho intramolecular Hbond substituents is 2. The molecule has 1 aromatic carbocycles. The van der Waals surface area contributed by atoms with Crippen LogP contribution in [0.2, 0.25) is 0 Å². The van der Waals surface area contributed by atoms with Crippen LogP contribution in [0.15, 0.2) is 26.9 Å². The fraction of sp³-hybridized carbons (Fsp3) is 0.250. The number of carbonyl (C=O) groups excluding carboxylic acids is 1. The fourth-order valence-electron chi connectivity index (χ4n) is 1.40. The number of nitrogens with zero attached hydrogens (tertiary/aromatic N) is 2. The molecule has 0 amide bonds. The summed E-state index contributed by atoms with van der Waals surface area (Å²) in [7, 11) is 0. The van der Waals surface area contributed by atoms with Crippen LogP contribution in [0.3, 0.4) is 0 Å². The highest BCUT2D eigenvalue weighted by Crippen LogP contribution is 2.30. The first kappa shape index (κ1) is 15.1. The zero-order valence-corrected chi connectivity index (χ0v) is 13.0. The summed E-state index contributed by atoms with van der Waals surface area (Å²) < 4.78 is 1.61. The SMILES string of the molecule is CCSc1nnc(SCC(=O)c2ccc(O)cc2O)s1. The monoisotopic (exact) mass is 328 g/mol. The van der Waals surface area contributed by atoms with Crippen LogP contribution in [0.25, 0.3) is 0 Å². The standard InChI is InChI=1S/C12H12N2O3S3/c1-2-18-11-13-14-12(20-11)19-6-10(17)8-4-3-7(15)5-9(8)16/h3-5,15-16H,2,6H2,1H3. The lowest BCUT2D eigenvalue weighted by molar-refractivity contribution is 0.102. The summed E-state index contributed by atoms with van der Waals surface area (Å²) in [5, 5.41) is 26.8. The predicted octanol–water partition coefficient (Wildman–Crippen LogP) is 3.04. The van der Waals surface area contributed by atoms with Gasteiger partial charge >= 0.3 is 0 Å². The van der Waals surface area contributed by atoms with Crippen molar-refractivity contribution in [2.45, 2.75) is 15.6 Å². The molecule has 0 saturated heterocycles. The molecule has 0 bridgehead atoms. The highest BCUT2D eigenvalue weighted by molar-refractivity contribution is 8.03. The Morgan fingerprint density at radius 2 is 1.95 bits per heavy atom. The number of hydrogen-bond acceptors (Lipinski definition) is 8. The molecule has 0 atom stereocenters. The maximum Gasteiger partial charge on any atom is 0.176 e. The smallest absolute Gasteiger partial charge is 0.176 e. The molecule has 0 aliphatic heterocycles. The van der Waals surface area contributed by atoms with E-state index in [1.165, 1.54) is 35.2 Å². The van der Waals surface area contributed by atoms with Gasteiger partial charge in [0.05, 0.1) is 11.3 Å². The van der Waals surface area contributed by atoms with Gasteiger partial charge in [0, 0.05) is 6.07 Å². The van der Waals surface area contributed by atoms with E-state index in [1.807, 2.05) is 6.92 Å². The number of carbonyl (C=O) groups is 1. The van der Waals surface area contributed by atoms with Gasteiger partial charge in [-0.3, -0.25) is 4.79 Å². The first-order valence-corrected chi connectivity index (χ1v) is 8.53. The molecular formula is C12H12N2O3S3. The Balaban J connectivity index is 1.97. The summed E-state index contributed by atoms with van der Waals surface area (Å²) >= 11 is 4.35. The van der Waals surface area contributed by atoms with Crippen molar-refractivity contribution in [2.75, 3.05) is 11.5 Å². The van der Waals surface area contributed by atoms with Gasteiger partial charge in [-0.1, -0.05) is 41.8 Å². The molecule has 0 spiro atoms. The molecule has 1 aromatic heterocycles. The molecule has 0 radical (unpaired) electrons.